The zero-order valence-electron chi connectivity index (χ0n) is 10.7. The highest BCUT2D eigenvalue weighted by Gasteiger charge is 2.29. The zero-order chi connectivity index (χ0) is 11.9. The lowest BCUT2D eigenvalue weighted by Crippen LogP contribution is -2.26. The van der Waals surface area contributed by atoms with Crippen LogP contribution in [0.4, 0.5) is 0 Å². The van der Waals surface area contributed by atoms with Gasteiger partial charge in [-0.05, 0) is 49.1 Å². The van der Waals surface area contributed by atoms with Gasteiger partial charge in [-0.1, -0.05) is 20.8 Å². The Morgan fingerprint density at radius 3 is 2.69 bits per heavy atom. The van der Waals surface area contributed by atoms with Gasteiger partial charge in [-0.15, -0.1) is 11.3 Å². The smallest absolute Gasteiger partial charge is 0.0854 e. The fraction of sp³-hybridized carbons (Fsp3) is 0.714. The van der Waals surface area contributed by atoms with Crippen molar-refractivity contribution < 1.29 is 5.11 Å². The number of fused-ring (bicyclic) bond motifs is 1. The van der Waals surface area contributed by atoms with E-state index < -0.39 is 0 Å². The molecule has 1 aromatic heterocycles. The first-order valence-corrected chi connectivity index (χ1v) is 6.99. The van der Waals surface area contributed by atoms with E-state index in [-0.39, 0.29) is 6.10 Å². The summed E-state index contributed by atoms with van der Waals surface area (Å²) in [5, 5.41) is 9.61. The van der Waals surface area contributed by atoms with Crippen molar-refractivity contribution in [1.29, 1.82) is 0 Å². The molecule has 0 bridgehead atoms. The molecule has 1 aromatic rings. The minimum atomic E-state index is -0.302. The van der Waals surface area contributed by atoms with E-state index in [2.05, 4.69) is 26.8 Å². The van der Waals surface area contributed by atoms with Crippen molar-refractivity contribution >= 4 is 11.3 Å². The van der Waals surface area contributed by atoms with Crippen LogP contribution >= 0.6 is 11.3 Å². The van der Waals surface area contributed by atoms with Crippen LogP contribution in [0.2, 0.25) is 0 Å². The van der Waals surface area contributed by atoms with Crippen molar-refractivity contribution in [3.8, 4) is 0 Å². The van der Waals surface area contributed by atoms with Gasteiger partial charge in [0.1, 0.15) is 0 Å². The Hall–Kier alpha value is -0.340. The summed E-state index contributed by atoms with van der Waals surface area (Å²) < 4.78 is 0. The van der Waals surface area contributed by atoms with Crippen molar-refractivity contribution in [3.05, 3.63) is 21.4 Å². The fourth-order valence-electron chi connectivity index (χ4n) is 2.49. The summed E-state index contributed by atoms with van der Waals surface area (Å²) in [6.07, 6.45) is 3.40. The monoisotopic (exact) mass is 238 g/mol. The van der Waals surface area contributed by atoms with E-state index in [0.29, 0.717) is 5.41 Å². The molecule has 0 saturated carbocycles. The Labute approximate surface area is 103 Å². The van der Waals surface area contributed by atoms with Crippen LogP contribution in [0.1, 0.15) is 55.5 Å². The molecule has 0 aromatic carbocycles. The van der Waals surface area contributed by atoms with E-state index in [4.69, 9.17) is 0 Å². The summed E-state index contributed by atoms with van der Waals surface area (Å²) in [4.78, 5) is 2.65. The molecule has 0 amide bonds. The number of aryl methyl sites for hydroxylation is 1. The summed E-state index contributed by atoms with van der Waals surface area (Å²) in [5.41, 5.74) is 1.90. The number of hydrogen-bond acceptors (Lipinski definition) is 2. The lowest BCUT2D eigenvalue weighted by atomic mass is 9.72. The maximum Gasteiger partial charge on any atom is 0.0854 e. The Morgan fingerprint density at radius 1 is 1.44 bits per heavy atom. The number of aliphatic hydroxyl groups is 1. The van der Waals surface area contributed by atoms with Crippen LogP contribution in [0.5, 0.6) is 0 Å². The molecule has 0 radical (unpaired) electrons. The van der Waals surface area contributed by atoms with Gasteiger partial charge in [0.2, 0.25) is 0 Å². The van der Waals surface area contributed by atoms with Crippen LogP contribution < -0.4 is 0 Å². The van der Waals surface area contributed by atoms with Crippen LogP contribution in [-0.4, -0.2) is 5.11 Å². The van der Waals surface area contributed by atoms with Gasteiger partial charge in [-0.3, -0.25) is 0 Å². The molecule has 1 N–H and O–H groups in total. The van der Waals surface area contributed by atoms with Crippen molar-refractivity contribution in [2.24, 2.45) is 11.3 Å². The third-order valence-corrected chi connectivity index (χ3v) is 5.15. The quantitative estimate of drug-likeness (QED) is 0.785. The van der Waals surface area contributed by atoms with Crippen molar-refractivity contribution in [2.75, 3.05) is 0 Å². The fourth-order valence-corrected chi connectivity index (χ4v) is 3.64. The predicted molar refractivity (Wildman–Crippen MR) is 69.9 cm³/mol. The van der Waals surface area contributed by atoms with E-state index in [0.717, 1.165) is 10.8 Å². The lowest BCUT2D eigenvalue weighted by Gasteiger charge is -2.33. The van der Waals surface area contributed by atoms with Crippen molar-refractivity contribution in [2.45, 2.75) is 53.1 Å². The molecule has 0 fully saturated rings. The Bertz CT molecular complexity index is 371. The first-order valence-electron chi connectivity index (χ1n) is 6.17. The average Bonchev–Trinajstić information content (AvgIpc) is 2.58. The van der Waals surface area contributed by atoms with Crippen LogP contribution in [-0.2, 0) is 12.8 Å². The van der Waals surface area contributed by atoms with E-state index >= 15 is 0 Å². The van der Waals surface area contributed by atoms with Gasteiger partial charge in [0, 0.05) is 9.75 Å². The van der Waals surface area contributed by atoms with Gasteiger partial charge >= 0.3 is 0 Å². The summed E-state index contributed by atoms with van der Waals surface area (Å²) >= 11 is 1.81. The molecule has 90 valence electrons. The molecule has 2 rings (SSSR count). The van der Waals surface area contributed by atoms with Gasteiger partial charge in [0.25, 0.3) is 0 Å². The predicted octanol–water partition coefficient (Wildman–Crippen LogP) is 3.95. The van der Waals surface area contributed by atoms with Gasteiger partial charge in [0.15, 0.2) is 0 Å². The topological polar surface area (TPSA) is 20.2 Å². The second-order valence-corrected chi connectivity index (χ2v) is 7.25. The second-order valence-electron chi connectivity index (χ2n) is 6.08. The maximum absolute atomic E-state index is 9.61. The molecule has 1 aliphatic carbocycles. The Morgan fingerprint density at radius 2 is 2.12 bits per heavy atom. The Balaban J connectivity index is 2.21. The minimum absolute atomic E-state index is 0.302. The molecule has 2 atom stereocenters. The number of rotatable bonds is 1. The standard InChI is InChI=1S/C14H22OS/c1-9(15)13-8-10-7-11(14(2,3)4)5-6-12(10)16-13/h8-9,11,15H,5-7H2,1-4H3/t9-,11?/m1/s1. The van der Waals surface area contributed by atoms with Crippen LogP contribution in [0, 0.1) is 11.3 Å². The van der Waals surface area contributed by atoms with Crippen molar-refractivity contribution in [3.63, 3.8) is 0 Å². The largest absolute Gasteiger partial charge is 0.388 e. The summed E-state index contributed by atoms with van der Waals surface area (Å²) in [6, 6.07) is 2.22. The van der Waals surface area contributed by atoms with Gasteiger partial charge in [0.05, 0.1) is 6.10 Å². The molecule has 1 heterocycles. The van der Waals surface area contributed by atoms with E-state index in [1.54, 1.807) is 11.3 Å². The highest BCUT2D eigenvalue weighted by Crippen LogP contribution is 2.40. The second kappa shape index (κ2) is 4.15. The highest BCUT2D eigenvalue weighted by molar-refractivity contribution is 7.12. The number of thiophene rings is 1. The van der Waals surface area contributed by atoms with Gasteiger partial charge in [-0.25, -0.2) is 0 Å². The van der Waals surface area contributed by atoms with Gasteiger partial charge < -0.3 is 5.11 Å². The van der Waals surface area contributed by atoms with Crippen molar-refractivity contribution in [1.82, 2.24) is 0 Å². The van der Waals surface area contributed by atoms with E-state index in [9.17, 15) is 5.11 Å². The summed E-state index contributed by atoms with van der Waals surface area (Å²) in [7, 11) is 0. The zero-order valence-corrected chi connectivity index (χ0v) is 11.5. The van der Waals surface area contributed by atoms with E-state index in [1.165, 1.54) is 29.7 Å². The molecule has 2 heteroatoms. The summed E-state index contributed by atoms with van der Waals surface area (Å²) in [5.74, 6) is 0.788. The molecule has 1 nitrogen and oxygen atoms in total. The van der Waals surface area contributed by atoms with Crippen LogP contribution in [0.15, 0.2) is 6.07 Å². The van der Waals surface area contributed by atoms with Crippen LogP contribution in [0.25, 0.3) is 0 Å². The number of aliphatic hydroxyl groups excluding tert-OH is 1. The molecular weight excluding hydrogens is 216 g/mol. The third kappa shape index (κ3) is 2.33. The molecule has 16 heavy (non-hydrogen) atoms. The average molecular weight is 238 g/mol. The Kier molecular flexibility index (Phi) is 3.15. The normalized spacial score (nSPS) is 22.9. The molecular formula is C14H22OS. The lowest BCUT2D eigenvalue weighted by molar-refractivity contribution is 0.203. The SMILES string of the molecule is C[C@@H](O)c1cc2c(s1)CCC(C(C)(C)C)C2. The van der Waals surface area contributed by atoms with Gasteiger partial charge in [-0.2, -0.15) is 0 Å². The first-order chi connectivity index (χ1) is 7.38. The molecule has 0 aliphatic heterocycles. The third-order valence-electron chi connectivity index (χ3n) is 3.74. The summed E-state index contributed by atoms with van der Waals surface area (Å²) in [6.45, 7) is 8.87. The number of hydrogen-bond donors (Lipinski definition) is 1. The molecule has 0 spiro atoms. The molecule has 0 saturated heterocycles. The van der Waals surface area contributed by atoms with E-state index in [1.807, 2.05) is 6.92 Å². The molecule has 1 unspecified atom stereocenters. The maximum atomic E-state index is 9.61. The van der Waals surface area contributed by atoms with Crippen LogP contribution in [0.3, 0.4) is 0 Å². The minimum Gasteiger partial charge on any atom is -0.388 e. The molecule has 1 aliphatic rings. The highest BCUT2D eigenvalue weighted by atomic mass is 32.1. The first kappa shape index (κ1) is 12.1.